The average Bonchev–Trinajstić information content (AvgIpc) is 2.42. The van der Waals surface area contributed by atoms with Crippen LogP contribution in [0.4, 0.5) is 0 Å². The van der Waals surface area contributed by atoms with Crippen molar-refractivity contribution in [2.75, 3.05) is 20.0 Å². The van der Waals surface area contributed by atoms with Gasteiger partial charge in [-0.3, -0.25) is 0 Å². The summed E-state index contributed by atoms with van der Waals surface area (Å²) in [6, 6.07) is 6.69. The number of rotatable bonds is 8. The Balaban J connectivity index is 2.52. The zero-order valence-electron chi connectivity index (χ0n) is 11.4. The Labute approximate surface area is 114 Å². The van der Waals surface area contributed by atoms with Gasteiger partial charge in [-0.2, -0.15) is 0 Å². The van der Waals surface area contributed by atoms with E-state index in [1.165, 1.54) is 10.5 Å². The Morgan fingerprint density at radius 1 is 1.44 bits per heavy atom. The fourth-order valence-corrected chi connectivity index (χ4v) is 2.40. The molecule has 1 aromatic rings. The van der Waals surface area contributed by atoms with E-state index in [-0.39, 0.29) is 6.61 Å². The van der Waals surface area contributed by atoms with Crippen LogP contribution in [0.5, 0.6) is 5.75 Å². The van der Waals surface area contributed by atoms with Crippen molar-refractivity contribution in [3.8, 4) is 5.75 Å². The van der Waals surface area contributed by atoms with Gasteiger partial charge in [-0.1, -0.05) is 6.07 Å². The van der Waals surface area contributed by atoms with Crippen molar-refractivity contribution in [1.29, 1.82) is 0 Å². The van der Waals surface area contributed by atoms with E-state index in [1.54, 1.807) is 18.9 Å². The molecule has 3 nitrogen and oxygen atoms in total. The van der Waals surface area contributed by atoms with Gasteiger partial charge in [0.15, 0.2) is 0 Å². The summed E-state index contributed by atoms with van der Waals surface area (Å²) >= 11 is 1.70. The molecule has 0 amide bonds. The van der Waals surface area contributed by atoms with Gasteiger partial charge in [0.1, 0.15) is 5.75 Å². The van der Waals surface area contributed by atoms with Crippen molar-refractivity contribution in [1.82, 2.24) is 5.32 Å². The molecular weight excluding hydrogens is 246 g/mol. The lowest BCUT2D eigenvalue weighted by molar-refractivity contribution is 0.276. The lowest BCUT2D eigenvalue weighted by Gasteiger charge is -2.14. The molecular formula is C14H23NO2S. The van der Waals surface area contributed by atoms with E-state index in [2.05, 4.69) is 30.6 Å². The number of aliphatic hydroxyl groups excluding tert-OH is 1. The van der Waals surface area contributed by atoms with E-state index >= 15 is 0 Å². The third-order valence-electron chi connectivity index (χ3n) is 2.90. The van der Waals surface area contributed by atoms with Crippen LogP contribution in [0.1, 0.15) is 25.3 Å². The third kappa shape index (κ3) is 4.88. The lowest BCUT2D eigenvalue weighted by atomic mass is 10.1. The van der Waals surface area contributed by atoms with E-state index in [1.807, 2.05) is 6.07 Å². The van der Waals surface area contributed by atoms with Gasteiger partial charge >= 0.3 is 0 Å². The summed E-state index contributed by atoms with van der Waals surface area (Å²) in [5.74, 6) is 0.930. The molecule has 1 aromatic carbocycles. The first kappa shape index (κ1) is 15.3. The third-order valence-corrected chi connectivity index (χ3v) is 3.66. The molecule has 0 heterocycles. The van der Waals surface area contributed by atoms with Crippen molar-refractivity contribution in [3.63, 3.8) is 0 Å². The summed E-state index contributed by atoms with van der Waals surface area (Å²) in [6.07, 6.45) is 3.91. The molecule has 0 aliphatic heterocycles. The number of thioether (sulfide) groups is 1. The minimum absolute atomic E-state index is 0.269. The second-order valence-electron chi connectivity index (χ2n) is 4.34. The Hall–Kier alpha value is -0.710. The maximum absolute atomic E-state index is 8.78. The van der Waals surface area contributed by atoms with E-state index in [0.717, 1.165) is 25.1 Å². The summed E-state index contributed by atoms with van der Waals surface area (Å²) in [7, 11) is 1.70. The normalized spacial score (nSPS) is 12.4. The molecule has 0 aliphatic carbocycles. The van der Waals surface area contributed by atoms with Crippen LogP contribution in [-0.2, 0) is 6.54 Å². The fourth-order valence-electron chi connectivity index (χ4n) is 1.78. The second-order valence-corrected chi connectivity index (χ2v) is 5.19. The summed E-state index contributed by atoms with van der Waals surface area (Å²) in [5.41, 5.74) is 1.26. The SMILES string of the molecule is COc1ccc(CNC(C)CCCO)cc1SC. The lowest BCUT2D eigenvalue weighted by Crippen LogP contribution is -2.25. The molecule has 0 aromatic heterocycles. The molecule has 0 spiro atoms. The van der Waals surface area contributed by atoms with E-state index in [0.29, 0.717) is 6.04 Å². The minimum Gasteiger partial charge on any atom is -0.496 e. The number of nitrogens with one attached hydrogen (secondary N) is 1. The monoisotopic (exact) mass is 269 g/mol. The molecule has 0 aliphatic rings. The zero-order valence-corrected chi connectivity index (χ0v) is 12.2. The van der Waals surface area contributed by atoms with E-state index in [9.17, 15) is 0 Å². The summed E-state index contributed by atoms with van der Waals surface area (Å²) in [5, 5.41) is 12.2. The predicted molar refractivity (Wildman–Crippen MR) is 77.4 cm³/mol. The number of hydrogen-bond acceptors (Lipinski definition) is 4. The Morgan fingerprint density at radius 3 is 2.83 bits per heavy atom. The summed E-state index contributed by atoms with van der Waals surface area (Å²) in [4.78, 5) is 1.17. The van der Waals surface area contributed by atoms with Crippen LogP contribution >= 0.6 is 11.8 Å². The van der Waals surface area contributed by atoms with Gasteiger partial charge in [0.25, 0.3) is 0 Å². The fraction of sp³-hybridized carbons (Fsp3) is 0.571. The first-order valence-corrected chi connectivity index (χ1v) is 7.49. The highest BCUT2D eigenvalue weighted by molar-refractivity contribution is 7.98. The highest BCUT2D eigenvalue weighted by atomic mass is 32.2. The maximum atomic E-state index is 8.78. The van der Waals surface area contributed by atoms with Crippen LogP contribution in [0.3, 0.4) is 0 Å². The van der Waals surface area contributed by atoms with Crippen molar-refractivity contribution in [3.05, 3.63) is 23.8 Å². The van der Waals surface area contributed by atoms with Crippen LogP contribution in [0, 0.1) is 0 Å². The van der Waals surface area contributed by atoms with Gasteiger partial charge in [-0.25, -0.2) is 0 Å². The number of aliphatic hydroxyl groups is 1. The van der Waals surface area contributed by atoms with Crippen molar-refractivity contribution < 1.29 is 9.84 Å². The van der Waals surface area contributed by atoms with Crippen molar-refractivity contribution >= 4 is 11.8 Å². The Morgan fingerprint density at radius 2 is 2.22 bits per heavy atom. The van der Waals surface area contributed by atoms with Crippen molar-refractivity contribution in [2.45, 2.75) is 37.2 Å². The van der Waals surface area contributed by atoms with Crippen molar-refractivity contribution in [2.24, 2.45) is 0 Å². The smallest absolute Gasteiger partial charge is 0.132 e. The molecule has 0 fully saturated rings. The van der Waals surface area contributed by atoms with Crippen LogP contribution in [0.15, 0.2) is 23.1 Å². The topological polar surface area (TPSA) is 41.5 Å². The highest BCUT2D eigenvalue weighted by Gasteiger charge is 2.05. The van der Waals surface area contributed by atoms with Gasteiger partial charge in [0, 0.05) is 24.1 Å². The average molecular weight is 269 g/mol. The molecule has 0 saturated carbocycles. The molecule has 0 bridgehead atoms. The molecule has 0 saturated heterocycles. The Kier molecular flexibility index (Phi) is 7.16. The molecule has 0 radical (unpaired) electrons. The van der Waals surface area contributed by atoms with E-state index in [4.69, 9.17) is 9.84 Å². The van der Waals surface area contributed by atoms with Crippen LogP contribution in [0.25, 0.3) is 0 Å². The number of hydrogen-bond donors (Lipinski definition) is 2. The standard InChI is InChI=1S/C14H23NO2S/c1-11(5-4-8-16)15-10-12-6-7-13(17-2)14(9-12)18-3/h6-7,9,11,15-16H,4-5,8,10H2,1-3H3. The van der Waals surface area contributed by atoms with E-state index < -0.39 is 0 Å². The van der Waals surface area contributed by atoms with Gasteiger partial charge < -0.3 is 15.2 Å². The summed E-state index contributed by atoms with van der Waals surface area (Å²) in [6.45, 7) is 3.27. The maximum Gasteiger partial charge on any atom is 0.132 e. The summed E-state index contributed by atoms with van der Waals surface area (Å²) < 4.78 is 5.30. The number of ether oxygens (including phenoxy) is 1. The molecule has 1 atom stereocenters. The molecule has 102 valence electrons. The predicted octanol–water partition coefficient (Wildman–Crippen LogP) is 2.67. The highest BCUT2D eigenvalue weighted by Crippen LogP contribution is 2.28. The van der Waals surface area contributed by atoms with Crippen LogP contribution < -0.4 is 10.1 Å². The second kappa shape index (κ2) is 8.40. The largest absolute Gasteiger partial charge is 0.496 e. The minimum atomic E-state index is 0.269. The number of benzene rings is 1. The number of methoxy groups -OCH3 is 1. The van der Waals surface area contributed by atoms with Gasteiger partial charge in [-0.15, -0.1) is 11.8 Å². The molecule has 2 N–H and O–H groups in total. The first-order valence-electron chi connectivity index (χ1n) is 6.26. The van der Waals surface area contributed by atoms with Gasteiger partial charge in [-0.05, 0) is 43.7 Å². The zero-order chi connectivity index (χ0) is 13.4. The molecule has 1 rings (SSSR count). The van der Waals surface area contributed by atoms with Gasteiger partial charge in [0.2, 0.25) is 0 Å². The van der Waals surface area contributed by atoms with Crippen LogP contribution in [-0.4, -0.2) is 31.1 Å². The quantitative estimate of drug-likeness (QED) is 0.712. The molecule has 1 unspecified atom stereocenters. The molecule has 18 heavy (non-hydrogen) atoms. The molecule has 4 heteroatoms. The first-order chi connectivity index (χ1) is 8.71. The Bertz CT molecular complexity index is 358. The van der Waals surface area contributed by atoms with Gasteiger partial charge in [0.05, 0.1) is 7.11 Å². The van der Waals surface area contributed by atoms with Crippen LogP contribution in [0.2, 0.25) is 0 Å².